The minimum Gasteiger partial charge on any atom is -0.396 e. The van der Waals surface area contributed by atoms with Crippen molar-refractivity contribution >= 4 is 27.5 Å². The molecule has 2 rings (SSSR count). The first-order valence-electron chi connectivity index (χ1n) is 5.52. The molecule has 1 fully saturated rings. The average Bonchev–Trinajstić information content (AvgIpc) is 2.20. The molecule has 0 unspecified atom stereocenters. The molecule has 0 saturated heterocycles. The zero-order chi connectivity index (χ0) is 12.6. The fourth-order valence-electron chi connectivity index (χ4n) is 1.86. The summed E-state index contributed by atoms with van der Waals surface area (Å²) < 4.78 is 13.6. The Bertz CT molecular complexity index is 460. The number of carbonyl (C=O) groups excluding carboxylic acids is 1. The SMILES string of the molecule is CN(C(=O)c1cc(N)c(F)cc1Br)C1CCC1. The average molecular weight is 301 g/mol. The second-order valence-electron chi connectivity index (χ2n) is 4.35. The minimum atomic E-state index is -0.514. The van der Waals surface area contributed by atoms with Crippen LogP contribution in [0, 0.1) is 5.82 Å². The maximum atomic E-state index is 13.2. The van der Waals surface area contributed by atoms with Crippen molar-refractivity contribution in [3.63, 3.8) is 0 Å². The van der Waals surface area contributed by atoms with Crippen molar-refractivity contribution in [2.24, 2.45) is 0 Å². The Morgan fingerprint density at radius 3 is 2.71 bits per heavy atom. The standard InChI is InChI=1S/C12H14BrFN2O/c1-16(7-3-2-4-7)12(17)8-5-11(15)10(14)6-9(8)13/h5-7H,2-4,15H2,1H3. The lowest BCUT2D eigenvalue weighted by atomic mass is 9.91. The van der Waals surface area contributed by atoms with E-state index < -0.39 is 5.82 Å². The van der Waals surface area contributed by atoms with Gasteiger partial charge in [-0.15, -0.1) is 0 Å². The van der Waals surface area contributed by atoms with Gasteiger partial charge in [0.2, 0.25) is 0 Å². The summed E-state index contributed by atoms with van der Waals surface area (Å²) in [5.74, 6) is -0.631. The zero-order valence-corrected chi connectivity index (χ0v) is 11.1. The summed E-state index contributed by atoms with van der Waals surface area (Å²) in [5.41, 5.74) is 5.90. The van der Waals surface area contributed by atoms with Gasteiger partial charge in [0.1, 0.15) is 5.82 Å². The number of carbonyl (C=O) groups is 1. The Morgan fingerprint density at radius 2 is 2.18 bits per heavy atom. The molecule has 3 nitrogen and oxygen atoms in total. The molecule has 1 aromatic rings. The van der Waals surface area contributed by atoms with Crippen molar-refractivity contribution in [3.05, 3.63) is 28.0 Å². The molecular weight excluding hydrogens is 287 g/mol. The molecule has 1 amide bonds. The molecule has 1 saturated carbocycles. The van der Waals surface area contributed by atoms with Crippen LogP contribution in [-0.4, -0.2) is 23.9 Å². The van der Waals surface area contributed by atoms with E-state index >= 15 is 0 Å². The van der Waals surface area contributed by atoms with Gasteiger partial charge < -0.3 is 10.6 Å². The quantitative estimate of drug-likeness (QED) is 0.854. The third-order valence-electron chi connectivity index (χ3n) is 3.26. The van der Waals surface area contributed by atoms with Crippen LogP contribution in [0.2, 0.25) is 0 Å². The van der Waals surface area contributed by atoms with Crippen LogP contribution in [0.5, 0.6) is 0 Å². The van der Waals surface area contributed by atoms with Gasteiger partial charge in [0.05, 0.1) is 11.3 Å². The highest BCUT2D eigenvalue weighted by Crippen LogP contribution is 2.28. The maximum Gasteiger partial charge on any atom is 0.255 e. The highest BCUT2D eigenvalue weighted by molar-refractivity contribution is 9.10. The molecule has 5 heteroatoms. The topological polar surface area (TPSA) is 46.3 Å². The summed E-state index contributed by atoms with van der Waals surface area (Å²) in [6, 6.07) is 2.93. The second-order valence-corrected chi connectivity index (χ2v) is 5.21. The molecule has 0 heterocycles. The van der Waals surface area contributed by atoms with Crippen LogP contribution in [-0.2, 0) is 0 Å². The Balaban J connectivity index is 2.26. The third kappa shape index (κ3) is 2.29. The fourth-order valence-corrected chi connectivity index (χ4v) is 2.34. The van der Waals surface area contributed by atoms with Crippen molar-refractivity contribution in [1.82, 2.24) is 4.90 Å². The van der Waals surface area contributed by atoms with Gasteiger partial charge in [0, 0.05) is 17.6 Å². The maximum absolute atomic E-state index is 13.2. The molecule has 1 aromatic carbocycles. The molecule has 1 aliphatic rings. The Hall–Kier alpha value is -1.10. The minimum absolute atomic E-state index is 0.00133. The summed E-state index contributed by atoms with van der Waals surface area (Å²) in [6.07, 6.45) is 3.24. The number of hydrogen-bond donors (Lipinski definition) is 1. The zero-order valence-electron chi connectivity index (χ0n) is 9.54. The molecule has 17 heavy (non-hydrogen) atoms. The van der Waals surface area contributed by atoms with E-state index in [1.165, 1.54) is 12.1 Å². The van der Waals surface area contributed by atoms with Gasteiger partial charge in [-0.25, -0.2) is 4.39 Å². The number of rotatable bonds is 2. The predicted octanol–water partition coefficient (Wildman–Crippen LogP) is 2.79. The van der Waals surface area contributed by atoms with Gasteiger partial charge in [-0.1, -0.05) is 0 Å². The van der Waals surface area contributed by atoms with E-state index in [1.807, 2.05) is 0 Å². The molecule has 0 aliphatic heterocycles. The van der Waals surface area contributed by atoms with Crippen molar-refractivity contribution in [2.45, 2.75) is 25.3 Å². The molecule has 2 N–H and O–H groups in total. The van der Waals surface area contributed by atoms with E-state index in [1.54, 1.807) is 11.9 Å². The monoisotopic (exact) mass is 300 g/mol. The predicted molar refractivity (Wildman–Crippen MR) is 68.2 cm³/mol. The lowest BCUT2D eigenvalue weighted by Crippen LogP contribution is -2.41. The van der Waals surface area contributed by atoms with Gasteiger partial charge >= 0.3 is 0 Å². The fraction of sp³-hybridized carbons (Fsp3) is 0.417. The van der Waals surface area contributed by atoms with Gasteiger partial charge in [0.25, 0.3) is 5.91 Å². The lowest BCUT2D eigenvalue weighted by Gasteiger charge is -2.35. The van der Waals surface area contributed by atoms with Gasteiger partial charge in [-0.2, -0.15) is 0 Å². The van der Waals surface area contributed by atoms with Crippen LogP contribution in [0.1, 0.15) is 29.6 Å². The Labute approximate surface area is 108 Å². The number of nitrogen functional groups attached to an aromatic ring is 1. The van der Waals surface area contributed by atoms with Crippen LogP contribution in [0.3, 0.4) is 0 Å². The van der Waals surface area contributed by atoms with E-state index in [0.717, 1.165) is 19.3 Å². The van der Waals surface area contributed by atoms with E-state index in [2.05, 4.69) is 15.9 Å². The molecule has 0 radical (unpaired) electrons. The van der Waals surface area contributed by atoms with Crippen LogP contribution in [0.25, 0.3) is 0 Å². The third-order valence-corrected chi connectivity index (χ3v) is 3.92. The molecule has 0 bridgehead atoms. The number of anilines is 1. The van der Waals surface area contributed by atoms with Crippen LogP contribution >= 0.6 is 15.9 Å². The smallest absolute Gasteiger partial charge is 0.255 e. The highest BCUT2D eigenvalue weighted by Gasteiger charge is 2.27. The van der Waals surface area contributed by atoms with Gasteiger partial charge in [-0.05, 0) is 47.3 Å². The first-order valence-corrected chi connectivity index (χ1v) is 6.31. The highest BCUT2D eigenvalue weighted by atomic mass is 79.9. The van der Waals surface area contributed by atoms with Crippen molar-refractivity contribution in [2.75, 3.05) is 12.8 Å². The molecular formula is C12H14BrFN2O. The lowest BCUT2D eigenvalue weighted by molar-refractivity contribution is 0.0651. The number of amides is 1. The summed E-state index contributed by atoms with van der Waals surface area (Å²) >= 11 is 3.20. The summed E-state index contributed by atoms with van der Waals surface area (Å²) in [5, 5.41) is 0. The number of hydrogen-bond acceptors (Lipinski definition) is 2. The molecule has 1 aliphatic carbocycles. The summed E-state index contributed by atoms with van der Waals surface area (Å²) in [4.78, 5) is 13.9. The van der Waals surface area contributed by atoms with Crippen LogP contribution in [0.15, 0.2) is 16.6 Å². The van der Waals surface area contributed by atoms with Crippen molar-refractivity contribution in [3.8, 4) is 0 Å². The van der Waals surface area contributed by atoms with Crippen molar-refractivity contribution < 1.29 is 9.18 Å². The van der Waals surface area contributed by atoms with Crippen LogP contribution < -0.4 is 5.73 Å². The Kier molecular flexibility index (Phi) is 3.38. The summed E-state index contributed by atoms with van der Waals surface area (Å²) in [7, 11) is 1.78. The van der Waals surface area contributed by atoms with E-state index in [-0.39, 0.29) is 11.6 Å². The van der Waals surface area contributed by atoms with E-state index in [9.17, 15) is 9.18 Å². The van der Waals surface area contributed by atoms with E-state index in [0.29, 0.717) is 16.1 Å². The Morgan fingerprint density at radius 1 is 1.53 bits per heavy atom. The van der Waals surface area contributed by atoms with Crippen LogP contribution in [0.4, 0.5) is 10.1 Å². The second kappa shape index (κ2) is 4.64. The molecule has 92 valence electrons. The molecule has 0 atom stereocenters. The molecule has 0 aromatic heterocycles. The summed E-state index contributed by atoms with van der Waals surface area (Å²) in [6.45, 7) is 0. The first-order chi connectivity index (χ1) is 8.00. The van der Waals surface area contributed by atoms with Gasteiger partial charge in [-0.3, -0.25) is 4.79 Å². The number of halogens is 2. The first kappa shape index (κ1) is 12.4. The number of nitrogens with two attached hydrogens (primary N) is 1. The van der Waals surface area contributed by atoms with E-state index in [4.69, 9.17) is 5.73 Å². The van der Waals surface area contributed by atoms with Gasteiger partial charge in [0.15, 0.2) is 0 Å². The molecule has 0 spiro atoms. The number of benzene rings is 1. The number of nitrogens with zero attached hydrogens (tertiary/aromatic N) is 1. The largest absolute Gasteiger partial charge is 0.396 e. The van der Waals surface area contributed by atoms with Crippen molar-refractivity contribution in [1.29, 1.82) is 0 Å². The normalized spacial score (nSPS) is 15.5.